The minimum absolute atomic E-state index is 0.0278. The number of carboxylic acid groups (broad SMARTS) is 1. The SMILES string of the molecule is C/C=C(\C=C(/C)S1(N)(=O)CC(Oc2cccc(Br)c2)(c2ccccc2)C1)CC(NC(=O)OC(C)OC(=O)C(C)C)C(=O)O. The maximum absolute atomic E-state index is 14.4. The first-order valence-electron chi connectivity index (χ1n) is 13.7. The molecule has 0 aliphatic carbocycles. The minimum atomic E-state index is -3.89. The molecular weight excluding hydrogens is 640 g/mol. The van der Waals surface area contributed by atoms with Crippen molar-refractivity contribution in [3.8, 4) is 5.75 Å². The summed E-state index contributed by atoms with van der Waals surface area (Å²) in [4.78, 5) is 36.5. The number of amides is 1. The van der Waals surface area contributed by atoms with Crippen molar-refractivity contribution in [2.45, 2.75) is 59.0 Å². The van der Waals surface area contributed by atoms with Gasteiger partial charge in [-0.2, -0.15) is 0 Å². The first kappa shape index (κ1) is 34.0. The lowest BCUT2D eigenvalue weighted by atomic mass is 9.96. The van der Waals surface area contributed by atoms with Gasteiger partial charge in [0.2, 0.25) is 6.29 Å². The first-order chi connectivity index (χ1) is 20.1. The van der Waals surface area contributed by atoms with Crippen LogP contribution in [0.2, 0.25) is 0 Å². The standard InChI is InChI=1S/C31H39BrN2O8S/c1-6-23(16-27(28(35)36)34-30(38)41-22(5)40-29(37)20(2)3)15-21(4)43(33,39)18-31(19-43,24-11-8-7-9-12-24)42-26-14-10-13-25(32)17-26/h6-15,17,20,22,27H,16,18-19H2,1-5H3,(H2,33,39)(H,34,38)(H,35,36)/b21-15+,23-6+. The number of hydrogen-bond acceptors (Lipinski definition) is 7. The van der Waals surface area contributed by atoms with Crippen molar-refractivity contribution in [1.82, 2.24) is 5.32 Å². The number of hydrogen-bond donors (Lipinski definition) is 3. The number of nitrogens with one attached hydrogen (secondary N) is 1. The molecule has 2 atom stereocenters. The molecule has 0 saturated carbocycles. The lowest BCUT2D eigenvalue weighted by Crippen LogP contribution is -2.72. The molecule has 1 aliphatic heterocycles. The van der Waals surface area contributed by atoms with Gasteiger partial charge in [-0.05, 0) is 58.5 Å². The smallest absolute Gasteiger partial charge is 0.410 e. The van der Waals surface area contributed by atoms with Gasteiger partial charge in [-0.3, -0.25) is 14.1 Å². The summed E-state index contributed by atoms with van der Waals surface area (Å²) in [6, 6.07) is 15.5. The van der Waals surface area contributed by atoms with Crippen LogP contribution in [0.25, 0.3) is 0 Å². The maximum Gasteiger partial charge on any atom is 0.410 e. The fourth-order valence-electron chi connectivity index (χ4n) is 4.74. The summed E-state index contributed by atoms with van der Waals surface area (Å²) in [5, 5.41) is 18.8. The molecule has 2 aromatic rings. The van der Waals surface area contributed by atoms with Crippen LogP contribution in [0.4, 0.5) is 4.79 Å². The number of rotatable bonds is 12. The number of aliphatic carboxylic acids is 1. The predicted octanol–water partition coefficient (Wildman–Crippen LogP) is 5.40. The quantitative estimate of drug-likeness (QED) is 0.153. The Morgan fingerprint density at radius 1 is 1.09 bits per heavy atom. The van der Waals surface area contributed by atoms with Gasteiger partial charge in [-0.15, -0.1) is 0 Å². The molecule has 0 spiro atoms. The molecule has 3 rings (SSSR count). The fourth-order valence-corrected chi connectivity index (χ4v) is 8.42. The molecule has 1 amide bonds. The van der Waals surface area contributed by atoms with Crippen LogP contribution in [0.15, 0.2) is 81.7 Å². The Morgan fingerprint density at radius 2 is 1.74 bits per heavy atom. The van der Waals surface area contributed by atoms with Crippen LogP contribution in [0.5, 0.6) is 5.75 Å². The number of allylic oxidation sites excluding steroid dienone is 3. The number of carboxylic acids is 1. The number of nitrogens with two attached hydrogens (primary N) is 1. The molecule has 4 N–H and O–H groups in total. The molecule has 0 radical (unpaired) electrons. The number of alkyl carbamates (subject to hydrolysis) is 1. The van der Waals surface area contributed by atoms with Crippen LogP contribution >= 0.6 is 15.9 Å². The average Bonchev–Trinajstić information content (AvgIpc) is 2.91. The molecule has 12 heteroatoms. The predicted molar refractivity (Wildman–Crippen MR) is 169 cm³/mol. The molecule has 1 aliphatic rings. The third-order valence-electron chi connectivity index (χ3n) is 7.10. The largest absolute Gasteiger partial charge is 0.481 e. The van der Waals surface area contributed by atoms with E-state index >= 15 is 0 Å². The number of carbonyl (C=O) groups excluding carboxylic acids is 2. The summed E-state index contributed by atoms with van der Waals surface area (Å²) in [5.41, 5.74) is 0.399. The number of esters is 1. The van der Waals surface area contributed by atoms with Crippen LogP contribution in [0.1, 0.15) is 46.6 Å². The molecule has 10 nitrogen and oxygen atoms in total. The van der Waals surface area contributed by atoms with Gasteiger partial charge in [0.25, 0.3) is 0 Å². The summed E-state index contributed by atoms with van der Waals surface area (Å²) in [7, 11) is -3.89. The van der Waals surface area contributed by atoms with Crippen molar-refractivity contribution in [3.05, 3.63) is 87.3 Å². The number of ether oxygens (including phenoxy) is 3. The summed E-state index contributed by atoms with van der Waals surface area (Å²) in [6.45, 7) is 7.97. The van der Waals surface area contributed by atoms with E-state index in [1.807, 2.05) is 54.6 Å². The Kier molecular flexibility index (Phi) is 10.6. The Morgan fingerprint density at radius 3 is 2.30 bits per heavy atom. The third kappa shape index (κ3) is 8.55. The van der Waals surface area contributed by atoms with E-state index in [1.54, 1.807) is 39.8 Å². The molecule has 1 heterocycles. The highest BCUT2D eigenvalue weighted by atomic mass is 79.9. The maximum atomic E-state index is 14.4. The number of benzene rings is 2. The van der Waals surface area contributed by atoms with Crippen LogP contribution in [0, 0.1) is 5.92 Å². The second-order valence-corrected chi connectivity index (χ2v) is 15.8. The van der Waals surface area contributed by atoms with Crippen molar-refractivity contribution in [2.24, 2.45) is 11.1 Å². The van der Waals surface area contributed by atoms with E-state index in [0.29, 0.717) is 16.2 Å². The lowest BCUT2D eigenvalue weighted by molar-refractivity contribution is -0.169. The summed E-state index contributed by atoms with van der Waals surface area (Å²) >= 11 is 3.46. The van der Waals surface area contributed by atoms with Gasteiger partial charge in [0.15, 0.2) is 5.60 Å². The molecule has 0 bridgehead atoms. The molecule has 2 aromatic carbocycles. The van der Waals surface area contributed by atoms with E-state index in [4.69, 9.17) is 19.3 Å². The molecule has 2 unspecified atom stereocenters. The van der Waals surface area contributed by atoms with Gasteiger partial charge in [-0.25, -0.2) is 9.59 Å². The van der Waals surface area contributed by atoms with E-state index in [0.717, 1.165) is 10.0 Å². The van der Waals surface area contributed by atoms with Gasteiger partial charge in [0.1, 0.15) is 11.8 Å². The van der Waals surface area contributed by atoms with Crippen LogP contribution in [-0.2, 0) is 33.9 Å². The normalized spacial score (nSPS) is 21.7. The number of carbonyl (C=O) groups is 3. The molecular formula is C31H39BrN2O8S. The summed E-state index contributed by atoms with van der Waals surface area (Å²) in [6.07, 6.45) is 0.861. The zero-order valence-electron chi connectivity index (χ0n) is 24.9. The first-order valence-corrected chi connectivity index (χ1v) is 16.9. The number of halogens is 1. The minimum Gasteiger partial charge on any atom is -0.481 e. The topological polar surface area (TPSA) is 154 Å². The monoisotopic (exact) mass is 678 g/mol. The molecule has 1 saturated heterocycles. The Hall–Kier alpha value is -3.48. The van der Waals surface area contributed by atoms with E-state index < -0.39 is 51.1 Å². The molecule has 0 aromatic heterocycles. The van der Waals surface area contributed by atoms with E-state index in [-0.39, 0.29) is 17.9 Å². The Balaban J connectivity index is 1.78. The van der Waals surface area contributed by atoms with Crippen LogP contribution in [0.3, 0.4) is 0 Å². The van der Waals surface area contributed by atoms with E-state index in [2.05, 4.69) is 21.2 Å². The summed E-state index contributed by atoms with van der Waals surface area (Å²) in [5.74, 6) is -1.64. The van der Waals surface area contributed by atoms with Gasteiger partial charge in [0.05, 0.1) is 17.4 Å². The van der Waals surface area contributed by atoms with E-state index in [9.17, 15) is 23.7 Å². The second kappa shape index (κ2) is 13.4. The van der Waals surface area contributed by atoms with Crippen molar-refractivity contribution in [1.29, 1.82) is 0 Å². The lowest BCUT2D eigenvalue weighted by Gasteiger charge is -2.59. The van der Waals surface area contributed by atoms with Crippen molar-refractivity contribution < 1.29 is 37.9 Å². The van der Waals surface area contributed by atoms with Gasteiger partial charge in [0, 0.05) is 22.7 Å². The summed E-state index contributed by atoms with van der Waals surface area (Å²) < 4.78 is 31.7. The second-order valence-electron chi connectivity index (χ2n) is 11.0. The zero-order valence-corrected chi connectivity index (χ0v) is 27.3. The average molecular weight is 680 g/mol. The zero-order chi connectivity index (χ0) is 32.0. The van der Waals surface area contributed by atoms with Crippen LogP contribution < -0.4 is 15.2 Å². The highest BCUT2D eigenvalue weighted by molar-refractivity contribution is 9.10. The molecule has 1 fully saturated rings. The van der Waals surface area contributed by atoms with Gasteiger partial charge < -0.3 is 24.6 Å². The van der Waals surface area contributed by atoms with Crippen molar-refractivity contribution >= 4 is 43.2 Å². The van der Waals surface area contributed by atoms with Gasteiger partial charge >= 0.3 is 18.0 Å². The Bertz CT molecular complexity index is 1480. The van der Waals surface area contributed by atoms with E-state index in [1.165, 1.54) is 6.92 Å². The highest BCUT2D eigenvalue weighted by Gasteiger charge is 2.61. The molecule has 43 heavy (non-hydrogen) atoms. The fraction of sp³-hybridized carbons (Fsp3) is 0.387. The van der Waals surface area contributed by atoms with Crippen LogP contribution in [-0.4, -0.2) is 51.2 Å². The third-order valence-corrected chi connectivity index (χ3v) is 11.5. The highest BCUT2D eigenvalue weighted by Crippen LogP contribution is 2.51. The van der Waals surface area contributed by atoms with Crippen molar-refractivity contribution in [2.75, 3.05) is 11.5 Å². The Labute approximate surface area is 260 Å². The van der Waals surface area contributed by atoms with Gasteiger partial charge in [-0.1, -0.05) is 72.3 Å². The van der Waals surface area contributed by atoms with Crippen molar-refractivity contribution in [3.63, 3.8) is 0 Å². The molecule has 234 valence electrons.